The third-order valence-corrected chi connectivity index (χ3v) is 3.75. The zero-order valence-electron chi connectivity index (χ0n) is 10.0. The van der Waals surface area contributed by atoms with Gasteiger partial charge in [0.2, 0.25) is 0 Å². The lowest BCUT2D eigenvalue weighted by molar-refractivity contribution is 0.0971. The molecule has 2 saturated carbocycles. The van der Waals surface area contributed by atoms with Crippen LogP contribution in [0.15, 0.2) is 0 Å². The fourth-order valence-electron chi connectivity index (χ4n) is 2.78. The minimum absolute atomic E-state index is 0.182. The van der Waals surface area contributed by atoms with Gasteiger partial charge >= 0.3 is 6.09 Å². The first kappa shape index (κ1) is 11.7. The minimum Gasteiger partial charge on any atom is -0.446 e. The molecule has 3 heteroatoms. The first-order valence-corrected chi connectivity index (χ1v) is 6.82. The molecule has 0 unspecified atom stereocenters. The van der Waals surface area contributed by atoms with E-state index >= 15 is 0 Å². The molecule has 0 heterocycles. The summed E-state index contributed by atoms with van der Waals surface area (Å²) in [5, 5.41) is 3.02. The maximum absolute atomic E-state index is 11.6. The number of carbonyl (C=O) groups excluding carboxylic acids is 1. The summed E-state index contributed by atoms with van der Waals surface area (Å²) in [7, 11) is 0. The summed E-state index contributed by atoms with van der Waals surface area (Å²) in [5.74, 6) is 0. The van der Waals surface area contributed by atoms with Gasteiger partial charge in [0, 0.05) is 6.04 Å². The standard InChI is InChI=1S/C13H23NO2/c15-13(16-12-9-5-6-10-12)14-11-7-3-1-2-4-8-11/h11-12H,1-10H2,(H,14,15). The lowest BCUT2D eigenvalue weighted by Gasteiger charge is -2.18. The minimum atomic E-state index is -0.182. The van der Waals surface area contributed by atoms with Crippen LogP contribution >= 0.6 is 0 Å². The second-order valence-corrected chi connectivity index (χ2v) is 5.14. The molecule has 2 aliphatic carbocycles. The molecule has 0 bridgehead atoms. The molecule has 2 aliphatic rings. The van der Waals surface area contributed by atoms with E-state index < -0.39 is 0 Å². The van der Waals surface area contributed by atoms with E-state index in [-0.39, 0.29) is 12.2 Å². The van der Waals surface area contributed by atoms with Gasteiger partial charge in [0.05, 0.1) is 0 Å². The van der Waals surface area contributed by atoms with Crippen LogP contribution < -0.4 is 5.32 Å². The van der Waals surface area contributed by atoms with Crippen LogP contribution in [0.25, 0.3) is 0 Å². The van der Waals surface area contributed by atoms with Crippen LogP contribution in [0.1, 0.15) is 64.2 Å². The SMILES string of the molecule is O=C(NC1CCCCCC1)OC1CCCC1. The van der Waals surface area contributed by atoms with E-state index in [1.807, 2.05) is 0 Å². The largest absolute Gasteiger partial charge is 0.446 e. The molecule has 3 nitrogen and oxygen atoms in total. The summed E-state index contributed by atoms with van der Waals surface area (Å²) in [6.07, 6.45) is 11.9. The van der Waals surface area contributed by atoms with E-state index in [1.165, 1.54) is 38.5 Å². The molecule has 0 atom stereocenters. The Morgan fingerprint density at radius 3 is 2.06 bits per heavy atom. The van der Waals surface area contributed by atoms with Crippen molar-refractivity contribution in [1.29, 1.82) is 0 Å². The monoisotopic (exact) mass is 225 g/mol. The van der Waals surface area contributed by atoms with Crippen LogP contribution in [0, 0.1) is 0 Å². The summed E-state index contributed by atoms with van der Waals surface area (Å²) in [6.45, 7) is 0. The maximum atomic E-state index is 11.6. The van der Waals surface area contributed by atoms with Crippen molar-refractivity contribution in [3.05, 3.63) is 0 Å². The van der Waals surface area contributed by atoms with Crippen LogP contribution in [-0.4, -0.2) is 18.2 Å². The Bertz CT molecular complexity index is 216. The van der Waals surface area contributed by atoms with Crippen molar-refractivity contribution in [3.63, 3.8) is 0 Å². The first-order valence-electron chi connectivity index (χ1n) is 6.82. The second-order valence-electron chi connectivity index (χ2n) is 5.14. The summed E-state index contributed by atoms with van der Waals surface area (Å²) in [6, 6.07) is 0.358. The average molecular weight is 225 g/mol. The summed E-state index contributed by atoms with van der Waals surface area (Å²) < 4.78 is 5.40. The summed E-state index contributed by atoms with van der Waals surface area (Å²) in [5.41, 5.74) is 0. The van der Waals surface area contributed by atoms with Crippen LogP contribution in [0.3, 0.4) is 0 Å². The van der Waals surface area contributed by atoms with Crippen LogP contribution in [0.4, 0.5) is 4.79 Å². The molecule has 1 amide bonds. The van der Waals surface area contributed by atoms with Crippen LogP contribution in [-0.2, 0) is 4.74 Å². The normalized spacial score (nSPS) is 24.0. The van der Waals surface area contributed by atoms with Gasteiger partial charge in [-0.25, -0.2) is 4.79 Å². The van der Waals surface area contributed by atoms with Crippen molar-refractivity contribution in [2.45, 2.75) is 76.4 Å². The fourth-order valence-corrected chi connectivity index (χ4v) is 2.78. The van der Waals surface area contributed by atoms with E-state index in [0.717, 1.165) is 25.7 Å². The number of hydrogen-bond donors (Lipinski definition) is 1. The van der Waals surface area contributed by atoms with Gasteiger partial charge in [-0.1, -0.05) is 25.7 Å². The zero-order valence-corrected chi connectivity index (χ0v) is 10.0. The van der Waals surface area contributed by atoms with E-state index in [4.69, 9.17) is 4.74 Å². The van der Waals surface area contributed by atoms with Crippen molar-refractivity contribution in [1.82, 2.24) is 5.32 Å². The molecule has 92 valence electrons. The van der Waals surface area contributed by atoms with Gasteiger partial charge in [0.1, 0.15) is 6.10 Å². The molecule has 0 aliphatic heterocycles. The second kappa shape index (κ2) is 6.12. The molecule has 0 spiro atoms. The van der Waals surface area contributed by atoms with Crippen LogP contribution in [0.2, 0.25) is 0 Å². The number of ether oxygens (including phenoxy) is 1. The fraction of sp³-hybridized carbons (Fsp3) is 0.923. The molecule has 16 heavy (non-hydrogen) atoms. The summed E-state index contributed by atoms with van der Waals surface area (Å²) in [4.78, 5) is 11.6. The number of rotatable bonds is 2. The van der Waals surface area contributed by atoms with Crippen molar-refractivity contribution >= 4 is 6.09 Å². The molecule has 0 radical (unpaired) electrons. The van der Waals surface area contributed by atoms with Gasteiger partial charge in [0.25, 0.3) is 0 Å². The highest BCUT2D eigenvalue weighted by Crippen LogP contribution is 2.21. The number of carbonyl (C=O) groups is 1. The Kier molecular flexibility index (Phi) is 4.49. The number of hydrogen-bond acceptors (Lipinski definition) is 2. The smallest absolute Gasteiger partial charge is 0.407 e. The lowest BCUT2D eigenvalue weighted by atomic mass is 10.1. The lowest BCUT2D eigenvalue weighted by Crippen LogP contribution is -2.36. The quantitative estimate of drug-likeness (QED) is 0.732. The molecule has 0 aromatic rings. The zero-order chi connectivity index (χ0) is 11.2. The Morgan fingerprint density at radius 1 is 0.875 bits per heavy atom. The van der Waals surface area contributed by atoms with Crippen molar-refractivity contribution in [2.24, 2.45) is 0 Å². The van der Waals surface area contributed by atoms with E-state index in [0.29, 0.717) is 6.04 Å². The van der Waals surface area contributed by atoms with Gasteiger partial charge < -0.3 is 10.1 Å². The summed E-state index contributed by atoms with van der Waals surface area (Å²) >= 11 is 0. The van der Waals surface area contributed by atoms with Gasteiger partial charge in [-0.05, 0) is 38.5 Å². The topological polar surface area (TPSA) is 38.3 Å². The Balaban J connectivity index is 1.68. The molecular weight excluding hydrogens is 202 g/mol. The molecule has 0 aromatic carbocycles. The van der Waals surface area contributed by atoms with Crippen LogP contribution in [0.5, 0.6) is 0 Å². The third kappa shape index (κ3) is 3.69. The predicted octanol–water partition coefficient (Wildman–Crippen LogP) is 3.38. The molecule has 2 rings (SSSR count). The highest BCUT2D eigenvalue weighted by Gasteiger charge is 2.21. The van der Waals surface area contributed by atoms with Crippen molar-refractivity contribution in [2.75, 3.05) is 0 Å². The highest BCUT2D eigenvalue weighted by molar-refractivity contribution is 5.67. The van der Waals surface area contributed by atoms with Gasteiger partial charge in [0.15, 0.2) is 0 Å². The third-order valence-electron chi connectivity index (χ3n) is 3.75. The van der Waals surface area contributed by atoms with Crippen molar-refractivity contribution in [3.8, 4) is 0 Å². The average Bonchev–Trinajstić information content (AvgIpc) is 2.62. The predicted molar refractivity (Wildman–Crippen MR) is 63.4 cm³/mol. The number of nitrogens with one attached hydrogen (secondary N) is 1. The molecule has 0 aromatic heterocycles. The van der Waals surface area contributed by atoms with Crippen molar-refractivity contribution < 1.29 is 9.53 Å². The van der Waals surface area contributed by atoms with Gasteiger partial charge in [-0.15, -0.1) is 0 Å². The van der Waals surface area contributed by atoms with Gasteiger partial charge in [-0.3, -0.25) is 0 Å². The van der Waals surface area contributed by atoms with E-state index in [9.17, 15) is 4.79 Å². The highest BCUT2D eigenvalue weighted by atomic mass is 16.6. The van der Waals surface area contributed by atoms with E-state index in [1.54, 1.807) is 0 Å². The first-order chi connectivity index (χ1) is 7.84. The molecule has 0 saturated heterocycles. The van der Waals surface area contributed by atoms with E-state index in [2.05, 4.69) is 5.32 Å². The molecule has 2 fully saturated rings. The Hall–Kier alpha value is -0.730. The Morgan fingerprint density at radius 2 is 1.44 bits per heavy atom. The molecular formula is C13H23NO2. The number of amides is 1. The number of alkyl carbamates (subject to hydrolysis) is 1. The maximum Gasteiger partial charge on any atom is 0.407 e. The Labute approximate surface area is 97.9 Å². The molecule has 1 N–H and O–H groups in total. The van der Waals surface area contributed by atoms with Gasteiger partial charge in [-0.2, -0.15) is 0 Å².